The molecule has 1 rings (SSSR count). The van der Waals surface area contributed by atoms with Gasteiger partial charge in [-0.1, -0.05) is 19.3 Å². The van der Waals surface area contributed by atoms with Crippen molar-refractivity contribution in [2.24, 2.45) is 11.7 Å². The topological polar surface area (TPSA) is 86.5 Å². The highest BCUT2D eigenvalue weighted by molar-refractivity contribution is 7.92. The van der Waals surface area contributed by atoms with Crippen LogP contribution in [-0.2, 0) is 19.4 Å². The van der Waals surface area contributed by atoms with E-state index in [-0.39, 0.29) is 23.3 Å². The highest BCUT2D eigenvalue weighted by Gasteiger charge is 2.33. The molecule has 0 radical (unpaired) electrons. The molecule has 18 heavy (non-hydrogen) atoms. The number of ether oxygens (including phenoxy) is 1. The van der Waals surface area contributed by atoms with Crippen molar-refractivity contribution in [3.8, 4) is 0 Å². The van der Waals surface area contributed by atoms with Gasteiger partial charge in [0.1, 0.15) is 0 Å². The van der Waals surface area contributed by atoms with Gasteiger partial charge in [0, 0.05) is 0 Å². The van der Waals surface area contributed by atoms with E-state index in [1.807, 2.05) is 0 Å². The van der Waals surface area contributed by atoms with E-state index >= 15 is 0 Å². The highest BCUT2D eigenvalue weighted by Crippen LogP contribution is 2.28. The van der Waals surface area contributed by atoms with Crippen LogP contribution in [0.1, 0.15) is 38.5 Å². The van der Waals surface area contributed by atoms with E-state index in [9.17, 15) is 13.2 Å². The maximum absolute atomic E-state index is 12.3. The number of methoxy groups -OCH3 is 1. The van der Waals surface area contributed by atoms with Gasteiger partial charge in [-0.25, -0.2) is 8.42 Å². The lowest BCUT2D eigenvalue weighted by Crippen LogP contribution is -2.35. The molecule has 6 heteroatoms. The van der Waals surface area contributed by atoms with Gasteiger partial charge in [-0.2, -0.15) is 0 Å². The van der Waals surface area contributed by atoms with Gasteiger partial charge >= 0.3 is 5.97 Å². The van der Waals surface area contributed by atoms with Crippen molar-refractivity contribution in [2.75, 3.05) is 19.4 Å². The van der Waals surface area contributed by atoms with Crippen molar-refractivity contribution >= 4 is 15.8 Å². The van der Waals surface area contributed by atoms with Crippen LogP contribution in [0.25, 0.3) is 0 Å². The van der Waals surface area contributed by atoms with Crippen LogP contribution in [0.5, 0.6) is 0 Å². The van der Waals surface area contributed by atoms with E-state index in [2.05, 4.69) is 4.74 Å². The fourth-order valence-corrected chi connectivity index (χ4v) is 4.69. The largest absolute Gasteiger partial charge is 0.469 e. The molecule has 2 atom stereocenters. The van der Waals surface area contributed by atoms with Gasteiger partial charge in [-0.15, -0.1) is 0 Å². The normalized spacial score (nSPS) is 25.4. The van der Waals surface area contributed by atoms with Gasteiger partial charge in [0.2, 0.25) is 0 Å². The maximum atomic E-state index is 12.3. The number of hydrogen-bond acceptors (Lipinski definition) is 5. The van der Waals surface area contributed by atoms with Crippen molar-refractivity contribution < 1.29 is 17.9 Å². The second-order valence-electron chi connectivity index (χ2n) is 4.87. The number of carbonyl (C=O) groups excluding carboxylic acids is 1. The second kappa shape index (κ2) is 7.09. The molecule has 106 valence electrons. The molecule has 0 aromatic heterocycles. The molecule has 1 aliphatic carbocycles. The zero-order valence-electron chi connectivity index (χ0n) is 10.9. The van der Waals surface area contributed by atoms with Crippen molar-refractivity contribution in [2.45, 2.75) is 43.8 Å². The molecule has 0 saturated heterocycles. The first-order valence-corrected chi connectivity index (χ1v) is 8.21. The van der Waals surface area contributed by atoms with Crippen LogP contribution in [-0.4, -0.2) is 39.0 Å². The van der Waals surface area contributed by atoms with E-state index in [1.54, 1.807) is 0 Å². The second-order valence-corrected chi connectivity index (χ2v) is 7.20. The minimum atomic E-state index is -3.25. The number of sulfone groups is 1. The molecule has 5 nitrogen and oxygen atoms in total. The number of carbonyl (C=O) groups is 1. The lowest BCUT2D eigenvalue weighted by Gasteiger charge is -2.23. The van der Waals surface area contributed by atoms with Gasteiger partial charge in [0.05, 0.1) is 24.5 Å². The fraction of sp³-hybridized carbons (Fsp3) is 0.917. The smallest absolute Gasteiger partial charge is 0.306 e. The Hall–Kier alpha value is -0.620. The molecule has 2 unspecified atom stereocenters. The summed E-state index contributed by atoms with van der Waals surface area (Å²) >= 11 is 0. The maximum Gasteiger partial charge on any atom is 0.306 e. The third-order valence-corrected chi connectivity index (χ3v) is 5.99. The summed E-state index contributed by atoms with van der Waals surface area (Å²) in [5.74, 6) is -0.562. The number of hydrogen-bond donors (Lipinski definition) is 1. The van der Waals surface area contributed by atoms with Crippen LogP contribution in [0, 0.1) is 5.92 Å². The molecule has 0 heterocycles. The van der Waals surface area contributed by atoms with E-state index in [4.69, 9.17) is 5.73 Å². The van der Waals surface area contributed by atoms with Crippen LogP contribution in [0.2, 0.25) is 0 Å². The van der Waals surface area contributed by atoms with Crippen molar-refractivity contribution in [3.05, 3.63) is 0 Å². The van der Waals surface area contributed by atoms with Gasteiger partial charge in [-0.05, 0) is 25.3 Å². The van der Waals surface area contributed by atoms with Crippen LogP contribution < -0.4 is 5.73 Å². The summed E-state index contributed by atoms with van der Waals surface area (Å²) in [5, 5.41) is -0.380. The first-order chi connectivity index (χ1) is 8.51. The van der Waals surface area contributed by atoms with E-state index in [0.717, 1.165) is 25.7 Å². The molecule has 0 amide bonds. The molecule has 0 bridgehead atoms. The monoisotopic (exact) mass is 277 g/mol. The Morgan fingerprint density at radius 2 is 1.94 bits per heavy atom. The quantitative estimate of drug-likeness (QED) is 0.595. The average molecular weight is 277 g/mol. The average Bonchev–Trinajstić information content (AvgIpc) is 2.61. The third-order valence-electron chi connectivity index (χ3n) is 3.67. The standard InChI is InChI=1S/C12H23NO4S/c1-17-12(14)7-8-18(15,16)11-6-4-2-3-5-10(11)9-13/h10-11H,2-9,13H2,1H3. The lowest BCUT2D eigenvalue weighted by atomic mass is 10.0. The van der Waals surface area contributed by atoms with Crippen LogP contribution in [0.3, 0.4) is 0 Å². The number of rotatable bonds is 5. The van der Waals surface area contributed by atoms with Crippen molar-refractivity contribution in [1.82, 2.24) is 0 Å². The molecule has 0 spiro atoms. The molecular formula is C12H23NO4S. The lowest BCUT2D eigenvalue weighted by molar-refractivity contribution is -0.140. The molecule has 1 fully saturated rings. The SMILES string of the molecule is COC(=O)CCS(=O)(=O)C1CCCCCC1CN. The molecule has 0 aromatic carbocycles. The van der Waals surface area contributed by atoms with Crippen LogP contribution in [0.15, 0.2) is 0 Å². The van der Waals surface area contributed by atoms with Gasteiger partial charge in [0.25, 0.3) is 0 Å². The molecule has 2 N–H and O–H groups in total. The predicted octanol–water partition coefficient (Wildman–Crippen LogP) is 0.872. The molecule has 1 saturated carbocycles. The summed E-state index contributed by atoms with van der Waals surface area (Å²) in [6, 6.07) is 0. The Morgan fingerprint density at radius 1 is 1.28 bits per heavy atom. The predicted molar refractivity (Wildman–Crippen MR) is 69.8 cm³/mol. The molecular weight excluding hydrogens is 254 g/mol. The summed E-state index contributed by atoms with van der Waals surface area (Å²) in [4.78, 5) is 11.0. The summed E-state index contributed by atoms with van der Waals surface area (Å²) in [5.41, 5.74) is 5.69. The zero-order chi connectivity index (χ0) is 13.6. The third kappa shape index (κ3) is 4.24. The summed E-state index contributed by atoms with van der Waals surface area (Å²) in [6.07, 6.45) is 4.53. The Bertz CT molecular complexity index is 366. The fourth-order valence-electron chi connectivity index (χ4n) is 2.57. The summed E-state index contributed by atoms with van der Waals surface area (Å²) < 4.78 is 29.0. The van der Waals surface area contributed by atoms with Crippen LogP contribution >= 0.6 is 0 Å². The Morgan fingerprint density at radius 3 is 2.56 bits per heavy atom. The number of esters is 1. The first kappa shape index (κ1) is 15.4. The highest BCUT2D eigenvalue weighted by atomic mass is 32.2. The Labute approximate surface area is 109 Å². The van der Waals surface area contributed by atoms with E-state index in [0.29, 0.717) is 13.0 Å². The Kier molecular flexibility index (Phi) is 6.08. The van der Waals surface area contributed by atoms with E-state index in [1.165, 1.54) is 7.11 Å². The molecule has 1 aliphatic rings. The molecule has 0 aliphatic heterocycles. The summed E-state index contributed by atoms with van der Waals surface area (Å²) in [6.45, 7) is 0.405. The first-order valence-electron chi connectivity index (χ1n) is 6.49. The van der Waals surface area contributed by atoms with Gasteiger partial charge in [-0.3, -0.25) is 4.79 Å². The van der Waals surface area contributed by atoms with E-state index < -0.39 is 15.8 Å². The minimum absolute atomic E-state index is 0.0372. The van der Waals surface area contributed by atoms with Crippen LogP contribution in [0.4, 0.5) is 0 Å². The van der Waals surface area contributed by atoms with Crippen molar-refractivity contribution in [1.29, 1.82) is 0 Å². The number of nitrogens with two attached hydrogens (primary N) is 1. The minimum Gasteiger partial charge on any atom is -0.469 e. The summed E-state index contributed by atoms with van der Waals surface area (Å²) in [7, 11) is -1.99. The molecule has 0 aromatic rings. The zero-order valence-corrected chi connectivity index (χ0v) is 11.7. The van der Waals surface area contributed by atoms with Crippen molar-refractivity contribution in [3.63, 3.8) is 0 Å². The van der Waals surface area contributed by atoms with Gasteiger partial charge < -0.3 is 10.5 Å². The Balaban J connectivity index is 2.70. The van der Waals surface area contributed by atoms with Gasteiger partial charge in [0.15, 0.2) is 9.84 Å².